The molecule has 0 aliphatic rings. The standard InChI is InChI=1S/C17H20BrCl2N5O2/c1-17(2,3)27-16(26)23-8-7-22-15-13(18)24-12(14(21)25-15)9-5-4-6-10(19)11(9)20/h4-6H,7-8H2,1-3H3,(H,23,26)(H3,21,22,25). The molecule has 2 rings (SSSR count). The zero-order chi connectivity index (χ0) is 20.2. The number of carbonyl (C=O) groups is 1. The summed E-state index contributed by atoms with van der Waals surface area (Å²) in [4.78, 5) is 20.3. The highest BCUT2D eigenvalue weighted by Gasteiger charge is 2.17. The number of halogens is 3. The number of rotatable bonds is 5. The summed E-state index contributed by atoms with van der Waals surface area (Å²) < 4.78 is 5.62. The third-order valence-electron chi connectivity index (χ3n) is 3.17. The summed E-state index contributed by atoms with van der Waals surface area (Å²) in [6.45, 7) is 6.14. The fourth-order valence-corrected chi connectivity index (χ4v) is 2.88. The van der Waals surface area contributed by atoms with Gasteiger partial charge in [0.2, 0.25) is 0 Å². The molecular formula is C17H20BrCl2N5O2. The summed E-state index contributed by atoms with van der Waals surface area (Å²) in [6, 6.07) is 5.20. The number of amides is 1. The minimum atomic E-state index is -0.544. The van der Waals surface area contributed by atoms with Gasteiger partial charge in [-0.25, -0.2) is 14.8 Å². The van der Waals surface area contributed by atoms with E-state index < -0.39 is 11.7 Å². The molecule has 0 radical (unpaired) electrons. The number of anilines is 2. The van der Waals surface area contributed by atoms with E-state index in [9.17, 15) is 4.79 Å². The van der Waals surface area contributed by atoms with Gasteiger partial charge in [-0.05, 0) is 42.8 Å². The molecule has 2 aromatic rings. The summed E-state index contributed by atoms with van der Waals surface area (Å²) >= 11 is 15.6. The van der Waals surface area contributed by atoms with Crippen LogP contribution in [-0.4, -0.2) is 34.8 Å². The van der Waals surface area contributed by atoms with Gasteiger partial charge in [0.15, 0.2) is 11.6 Å². The first-order chi connectivity index (χ1) is 12.6. The van der Waals surface area contributed by atoms with Gasteiger partial charge in [0, 0.05) is 18.7 Å². The van der Waals surface area contributed by atoms with Crippen LogP contribution in [0.3, 0.4) is 0 Å². The van der Waals surface area contributed by atoms with Gasteiger partial charge in [0.1, 0.15) is 15.9 Å². The Morgan fingerprint density at radius 2 is 1.96 bits per heavy atom. The molecule has 27 heavy (non-hydrogen) atoms. The number of nitrogens with zero attached hydrogens (tertiary/aromatic N) is 2. The van der Waals surface area contributed by atoms with Crippen molar-refractivity contribution in [1.82, 2.24) is 15.3 Å². The highest BCUT2D eigenvalue weighted by atomic mass is 79.9. The van der Waals surface area contributed by atoms with E-state index in [-0.39, 0.29) is 5.82 Å². The summed E-state index contributed by atoms with van der Waals surface area (Å²) in [5.41, 5.74) is 6.51. The van der Waals surface area contributed by atoms with Gasteiger partial charge in [-0.3, -0.25) is 0 Å². The molecule has 0 spiro atoms. The smallest absolute Gasteiger partial charge is 0.407 e. The summed E-state index contributed by atoms with van der Waals surface area (Å²) in [7, 11) is 0. The lowest BCUT2D eigenvalue weighted by atomic mass is 10.1. The topological polar surface area (TPSA) is 102 Å². The maximum Gasteiger partial charge on any atom is 0.407 e. The Morgan fingerprint density at radius 3 is 2.63 bits per heavy atom. The molecule has 146 valence electrons. The molecule has 0 fully saturated rings. The molecule has 0 atom stereocenters. The second-order valence-electron chi connectivity index (χ2n) is 6.55. The molecule has 1 heterocycles. The quantitative estimate of drug-likeness (QED) is 0.539. The van der Waals surface area contributed by atoms with Crippen LogP contribution in [0.4, 0.5) is 16.4 Å². The van der Waals surface area contributed by atoms with E-state index in [2.05, 4.69) is 36.5 Å². The van der Waals surface area contributed by atoms with E-state index in [4.69, 9.17) is 33.7 Å². The first-order valence-corrected chi connectivity index (χ1v) is 9.61. The van der Waals surface area contributed by atoms with Crippen molar-refractivity contribution in [3.63, 3.8) is 0 Å². The van der Waals surface area contributed by atoms with E-state index >= 15 is 0 Å². The lowest BCUT2D eigenvalue weighted by Gasteiger charge is -2.19. The third kappa shape index (κ3) is 6.12. The highest BCUT2D eigenvalue weighted by molar-refractivity contribution is 9.10. The average Bonchev–Trinajstić information content (AvgIpc) is 2.55. The van der Waals surface area contributed by atoms with Gasteiger partial charge in [-0.1, -0.05) is 35.3 Å². The average molecular weight is 477 g/mol. The molecule has 0 aliphatic heterocycles. The van der Waals surface area contributed by atoms with Gasteiger partial charge in [-0.2, -0.15) is 0 Å². The van der Waals surface area contributed by atoms with Crippen molar-refractivity contribution in [3.8, 4) is 11.3 Å². The summed E-state index contributed by atoms with van der Waals surface area (Å²) in [5, 5.41) is 6.45. The predicted octanol–water partition coefficient (Wildman–Crippen LogP) is 4.73. The minimum Gasteiger partial charge on any atom is -0.444 e. The molecule has 1 aromatic heterocycles. The first kappa shape index (κ1) is 21.5. The van der Waals surface area contributed by atoms with Crippen LogP contribution < -0.4 is 16.4 Å². The Bertz CT molecular complexity index is 843. The van der Waals surface area contributed by atoms with Crippen LogP contribution in [0.15, 0.2) is 22.8 Å². The number of nitrogens with one attached hydrogen (secondary N) is 2. The number of ether oxygens (including phenoxy) is 1. The van der Waals surface area contributed by atoms with Crippen LogP contribution in [0.25, 0.3) is 11.3 Å². The van der Waals surface area contributed by atoms with Crippen molar-refractivity contribution in [2.24, 2.45) is 0 Å². The van der Waals surface area contributed by atoms with Gasteiger partial charge < -0.3 is 21.1 Å². The lowest BCUT2D eigenvalue weighted by Crippen LogP contribution is -2.35. The van der Waals surface area contributed by atoms with E-state index in [1.54, 1.807) is 39.0 Å². The fourth-order valence-electron chi connectivity index (χ4n) is 2.08. The summed E-state index contributed by atoms with van der Waals surface area (Å²) in [6.07, 6.45) is -0.486. The van der Waals surface area contributed by atoms with E-state index in [0.29, 0.717) is 44.8 Å². The Balaban J connectivity index is 2.03. The molecular weight excluding hydrogens is 457 g/mol. The fraction of sp³-hybridized carbons (Fsp3) is 0.353. The highest BCUT2D eigenvalue weighted by Crippen LogP contribution is 2.36. The molecule has 0 saturated heterocycles. The SMILES string of the molecule is CC(C)(C)OC(=O)NCCNc1nc(N)c(-c2cccc(Cl)c2Cl)nc1Br. The van der Waals surface area contributed by atoms with Crippen molar-refractivity contribution < 1.29 is 9.53 Å². The zero-order valence-corrected chi connectivity index (χ0v) is 18.2. The number of nitrogen functional groups attached to an aromatic ring is 1. The second kappa shape index (κ2) is 8.95. The molecule has 7 nitrogen and oxygen atoms in total. The molecule has 10 heteroatoms. The Morgan fingerprint density at radius 1 is 1.26 bits per heavy atom. The van der Waals surface area contributed by atoms with Crippen LogP contribution in [0.5, 0.6) is 0 Å². The van der Waals surface area contributed by atoms with Gasteiger partial charge >= 0.3 is 6.09 Å². The molecule has 0 bridgehead atoms. The molecule has 0 unspecified atom stereocenters. The van der Waals surface area contributed by atoms with Gasteiger partial charge in [0.05, 0.1) is 10.0 Å². The van der Waals surface area contributed by atoms with Crippen LogP contribution >= 0.6 is 39.1 Å². The Kier molecular flexibility index (Phi) is 7.13. The number of alkyl carbamates (subject to hydrolysis) is 1. The molecule has 0 aliphatic carbocycles. The normalized spacial score (nSPS) is 11.2. The lowest BCUT2D eigenvalue weighted by molar-refractivity contribution is 0.0530. The van der Waals surface area contributed by atoms with Crippen LogP contribution in [0, 0.1) is 0 Å². The van der Waals surface area contributed by atoms with Gasteiger partial charge in [0.25, 0.3) is 0 Å². The number of hydrogen-bond donors (Lipinski definition) is 3. The molecule has 0 saturated carbocycles. The monoisotopic (exact) mass is 475 g/mol. The second-order valence-corrected chi connectivity index (χ2v) is 8.09. The molecule has 1 amide bonds. The Labute approximate surface area is 176 Å². The van der Waals surface area contributed by atoms with Crippen molar-refractivity contribution in [2.45, 2.75) is 26.4 Å². The summed E-state index contributed by atoms with van der Waals surface area (Å²) in [5.74, 6) is 0.644. The van der Waals surface area contributed by atoms with Crippen LogP contribution in [0.1, 0.15) is 20.8 Å². The first-order valence-electron chi connectivity index (χ1n) is 8.06. The largest absolute Gasteiger partial charge is 0.444 e. The van der Waals surface area contributed by atoms with Crippen LogP contribution in [0.2, 0.25) is 10.0 Å². The number of nitrogens with two attached hydrogens (primary N) is 1. The predicted molar refractivity (Wildman–Crippen MR) is 112 cm³/mol. The van der Waals surface area contributed by atoms with Crippen molar-refractivity contribution in [2.75, 3.05) is 24.1 Å². The van der Waals surface area contributed by atoms with E-state index in [0.717, 1.165) is 0 Å². The third-order valence-corrected chi connectivity index (χ3v) is 4.54. The Hall–Kier alpha value is -1.77. The molecule has 4 N–H and O–H groups in total. The number of hydrogen-bond acceptors (Lipinski definition) is 6. The number of benzene rings is 1. The van der Waals surface area contributed by atoms with Crippen LogP contribution in [-0.2, 0) is 4.74 Å². The van der Waals surface area contributed by atoms with Crippen molar-refractivity contribution in [3.05, 3.63) is 32.8 Å². The zero-order valence-electron chi connectivity index (χ0n) is 15.1. The van der Waals surface area contributed by atoms with E-state index in [1.807, 2.05) is 0 Å². The van der Waals surface area contributed by atoms with Crippen molar-refractivity contribution in [1.29, 1.82) is 0 Å². The van der Waals surface area contributed by atoms with Crippen molar-refractivity contribution >= 4 is 56.9 Å². The van der Waals surface area contributed by atoms with Gasteiger partial charge in [-0.15, -0.1) is 0 Å². The maximum atomic E-state index is 11.6. The van der Waals surface area contributed by atoms with E-state index in [1.165, 1.54) is 0 Å². The maximum absolute atomic E-state index is 11.6. The number of aromatic nitrogens is 2. The molecule has 1 aromatic carbocycles. The number of carbonyl (C=O) groups excluding carboxylic acids is 1. The minimum absolute atomic E-state index is 0.199.